The Morgan fingerprint density at radius 2 is 1.68 bits per heavy atom. The first-order valence-electron chi connectivity index (χ1n) is 13.5. The maximum absolute atomic E-state index is 13.8. The molecule has 0 radical (unpaired) electrons. The summed E-state index contributed by atoms with van der Waals surface area (Å²) in [5.41, 5.74) is 5.90. The molecule has 0 bridgehead atoms. The Morgan fingerprint density at radius 1 is 0.900 bits per heavy atom. The van der Waals surface area contributed by atoms with Gasteiger partial charge in [0.1, 0.15) is 12.3 Å². The smallest absolute Gasteiger partial charge is 0.322 e. The number of nitrogens with one attached hydrogen (secondary N) is 2. The molecule has 210 valence electrons. The number of H-pyrrole nitrogens is 1. The van der Waals surface area contributed by atoms with Crippen molar-refractivity contribution in [2.24, 2.45) is 0 Å². The molecular weight excluding hydrogens is 504 g/mol. The minimum absolute atomic E-state index is 0.0802. The molecule has 4 rings (SSSR count). The SMILES string of the molecule is COCCN(CC(=O)N(CCc1c[nH]c2ccccc12)Cc1ccccc1OC)C(=O)Nc1ccc(C)cc1C. The van der Waals surface area contributed by atoms with E-state index in [0.29, 0.717) is 26.1 Å². The van der Waals surface area contributed by atoms with Crippen molar-refractivity contribution >= 4 is 28.5 Å². The van der Waals surface area contributed by atoms with E-state index in [4.69, 9.17) is 9.47 Å². The Kier molecular flexibility index (Phi) is 9.81. The predicted molar refractivity (Wildman–Crippen MR) is 159 cm³/mol. The molecule has 0 aliphatic heterocycles. The van der Waals surface area contributed by atoms with Crippen LogP contribution in [0.25, 0.3) is 10.9 Å². The van der Waals surface area contributed by atoms with E-state index in [-0.39, 0.29) is 25.0 Å². The first kappa shape index (κ1) is 28.7. The number of aromatic nitrogens is 1. The zero-order valence-electron chi connectivity index (χ0n) is 23.7. The van der Waals surface area contributed by atoms with Gasteiger partial charge >= 0.3 is 6.03 Å². The summed E-state index contributed by atoms with van der Waals surface area (Å²) >= 11 is 0. The number of nitrogens with zero attached hydrogens (tertiary/aromatic N) is 2. The molecule has 3 aromatic carbocycles. The topological polar surface area (TPSA) is 86.9 Å². The molecule has 4 aromatic rings. The third kappa shape index (κ3) is 7.21. The first-order valence-corrected chi connectivity index (χ1v) is 13.5. The maximum atomic E-state index is 13.8. The van der Waals surface area contributed by atoms with Crippen molar-refractivity contribution in [3.8, 4) is 5.75 Å². The number of aromatic amines is 1. The molecule has 0 aliphatic carbocycles. The Labute approximate surface area is 235 Å². The van der Waals surface area contributed by atoms with Crippen LogP contribution < -0.4 is 10.1 Å². The number of hydrogen-bond donors (Lipinski definition) is 2. The van der Waals surface area contributed by atoms with Crippen molar-refractivity contribution in [1.29, 1.82) is 0 Å². The van der Waals surface area contributed by atoms with Gasteiger partial charge in [-0.1, -0.05) is 54.1 Å². The summed E-state index contributed by atoms with van der Waals surface area (Å²) in [5, 5.41) is 4.11. The molecule has 1 aromatic heterocycles. The number of carbonyl (C=O) groups is 2. The first-order chi connectivity index (χ1) is 19.4. The van der Waals surface area contributed by atoms with Gasteiger partial charge in [-0.15, -0.1) is 0 Å². The van der Waals surface area contributed by atoms with Gasteiger partial charge in [-0.2, -0.15) is 0 Å². The van der Waals surface area contributed by atoms with Crippen molar-refractivity contribution in [3.05, 3.63) is 95.2 Å². The highest BCUT2D eigenvalue weighted by Crippen LogP contribution is 2.22. The number of aryl methyl sites for hydroxylation is 2. The highest BCUT2D eigenvalue weighted by atomic mass is 16.5. The van der Waals surface area contributed by atoms with Crippen LogP contribution >= 0.6 is 0 Å². The van der Waals surface area contributed by atoms with Crippen LogP contribution in [-0.2, 0) is 22.5 Å². The zero-order valence-corrected chi connectivity index (χ0v) is 23.7. The van der Waals surface area contributed by atoms with Gasteiger partial charge in [0.05, 0.1) is 13.7 Å². The summed E-state index contributed by atoms with van der Waals surface area (Å²) < 4.78 is 10.8. The molecule has 0 unspecified atom stereocenters. The number of carbonyl (C=O) groups excluding carboxylic acids is 2. The molecule has 0 aliphatic rings. The predicted octanol–water partition coefficient (Wildman–Crippen LogP) is 5.55. The van der Waals surface area contributed by atoms with Crippen LogP contribution in [0.2, 0.25) is 0 Å². The molecule has 0 atom stereocenters. The summed E-state index contributed by atoms with van der Waals surface area (Å²) in [7, 11) is 3.21. The molecule has 40 heavy (non-hydrogen) atoms. The molecule has 8 heteroatoms. The summed E-state index contributed by atoms with van der Waals surface area (Å²) in [5.74, 6) is 0.564. The molecule has 3 amide bonds. The average molecular weight is 543 g/mol. The normalized spacial score (nSPS) is 10.9. The average Bonchev–Trinajstić information content (AvgIpc) is 3.37. The number of anilines is 1. The highest BCUT2D eigenvalue weighted by Gasteiger charge is 2.23. The lowest BCUT2D eigenvalue weighted by atomic mass is 10.1. The molecule has 0 saturated carbocycles. The lowest BCUT2D eigenvalue weighted by Gasteiger charge is -2.28. The molecule has 1 heterocycles. The van der Waals surface area contributed by atoms with Gasteiger partial charge in [0.2, 0.25) is 5.91 Å². The van der Waals surface area contributed by atoms with Gasteiger partial charge in [-0.25, -0.2) is 4.79 Å². The molecular formula is C32H38N4O4. The number of fused-ring (bicyclic) bond motifs is 1. The van der Waals surface area contributed by atoms with Crippen molar-refractivity contribution in [3.63, 3.8) is 0 Å². The molecule has 0 spiro atoms. The van der Waals surface area contributed by atoms with Gasteiger partial charge in [0, 0.05) is 55.1 Å². The van der Waals surface area contributed by atoms with Crippen LogP contribution in [0.3, 0.4) is 0 Å². The van der Waals surface area contributed by atoms with E-state index >= 15 is 0 Å². The second-order valence-electron chi connectivity index (χ2n) is 9.90. The lowest BCUT2D eigenvalue weighted by Crippen LogP contribution is -2.46. The van der Waals surface area contributed by atoms with Gasteiger partial charge in [-0.3, -0.25) is 4.79 Å². The van der Waals surface area contributed by atoms with E-state index in [2.05, 4.69) is 16.4 Å². The number of amides is 3. The third-order valence-corrected chi connectivity index (χ3v) is 7.03. The van der Waals surface area contributed by atoms with E-state index in [1.807, 2.05) is 80.7 Å². The van der Waals surface area contributed by atoms with Crippen molar-refractivity contribution < 1.29 is 19.1 Å². The maximum Gasteiger partial charge on any atom is 0.322 e. The number of rotatable bonds is 12. The highest BCUT2D eigenvalue weighted by molar-refractivity contribution is 5.93. The number of hydrogen-bond acceptors (Lipinski definition) is 4. The van der Waals surface area contributed by atoms with Crippen LogP contribution in [0.4, 0.5) is 10.5 Å². The number of methoxy groups -OCH3 is 2. The van der Waals surface area contributed by atoms with E-state index in [9.17, 15) is 9.59 Å². The standard InChI is InChI=1S/C32H38N4O4/c1-23-13-14-28(24(2)19-23)34-32(38)36(17-18-39-3)22-31(37)35(21-26-9-5-8-12-30(26)40-4)16-15-25-20-33-29-11-7-6-10-27(25)29/h5-14,19-20,33H,15-18,21-22H2,1-4H3,(H,34,38). The van der Waals surface area contributed by atoms with E-state index < -0.39 is 0 Å². The number of ether oxygens (including phenoxy) is 2. The van der Waals surface area contributed by atoms with Crippen LogP contribution in [-0.4, -0.2) is 67.2 Å². The van der Waals surface area contributed by atoms with Crippen LogP contribution in [0.1, 0.15) is 22.3 Å². The fraction of sp³-hybridized carbons (Fsp3) is 0.312. The van der Waals surface area contributed by atoms with Crippen LogP contribution in [0.5, 0.6) is 5.75 Å². The lowest BCUT2D eigenvalue weighted by molar-refractivity contribution is -0.132. The van der Waals surface area contributed by atoms with Crippen LogP contribution in [0.15, 0.2) is 72.9 Å². The Morgan fingerprint density at radius 3 is 2.45 bits per heavy atom. The summed E-state index contributed by atoms with van der Waals surface area (Å²) in [4.78, 5) is 33.8. The zero-order chi connectivity index (χ0) is 28.5. The van der Waals surface area contributed by atoms with Gasteiger partial charge < -0.3 is 29.6 Å². The summed E-state index contributed by atoms with van der Waals surface area (Å²) in [6.45, 7) is 5.32. The summed E-state index contributed by atoms with van der Waals surface area (Å²) in [6, 6.07) is 21.3. The second-order valence-corrected chi connectivity index (χ2v) is 9.90. The minimum Gasteiger partial charge on any atom is -0.496 e. The fourth-order valence-electron chi connectivity index (χ4n) is 4.79. The van der Waals surface area contributed by atoms with Crippen LogP contribution in [0, 0.1) is 13.8 Å². The fourth-order valence-corrected chi connectivity index (χ4v) is 4.79. The number of urea groups is 1. The Bertz CT molecular complexity index is 1450. The second kappa shape index (κ2) is 13.7. The minimum atomic E-state index is -0.341. The molecule has 2 N–H and O–H groups in total. The quantitative estimate of drug-likeness (QED) is 0.246. The van der Waals surface area contributed by atoms with Gasteiger partial charge in [0.15, 0.2) is 0 Å². The Hall–Kier alpha value is -4.30. The number of para-hydroxylation sites is 2. The monoisotopic (exact) mass is 542 g/mol. The van der Waals surface area contributed by atoms with E-state index in [0.717, 1.165) is 44.6 Å². The van der Waals surface area contributed by atoms with Gasteiger partial charge in [0.25, 0.3) is 0 Å². The van der Waals surface area contributed by atoms with Crippen molar-refractivity contribution in [2.75, 3.05) is 45.8 Å². The molecule has 0 saturated heterocycles. The van der Waals surface area contributed by atoms with Gasteiger partial charge in [-0.05, 0) is 49.6 Å². The van der Waals surface area contributed by atoms with E-state index in [1.165, 1.54) is 4.90 Å². The molecule has 0 fully saturated rings. The van der Waals surface area contributed by atoms with Crippen molar-refractivity contribution in [2.45, 2.75) is 26.8 Å². The largest absolute Gasteiger partial charge is 0.496 e. The third-order valence-electron chi connectivity index (χ3n) is 7.03. The summed E-state index contributed by atoms with van der Waals surface area (Å²) in [6.07, 6.45) is 2.66. The Balaban J connectivity index is 1.54. The van der Waals surface area contributed by atoms with Crippen molar-refractivity contribution in [1.82, 2.24) is 14.8 Å². The molecule has 8 nitrogen and oxygen atoms in total. The van der Waals surface area contributed by atoms with E-state index in [1.54, 1.807) is 19.1 Å². The number of benzene rings is 3.